The fourth-order valence-electron chi connectivity index (χ4n) is 4.51. The van der Waals surface area contributed by atoms with Gasteiger partial charge >= 0.3 is 0 Å². The lowest BCUT2D eigenvalue weighted by atomic mass is 9.97. The van der Waals surface area contributed by atoms with E-state index in [9.17, 15) is 0 Å². The van der Waals surface area contributed by atoms with Gasteiger partial charge in [-0.05, 0) is 89.4 Å². The van der Waals surface area contributed by atoms with Crippen LogP contribution in [0, 0.1) is 5.92 Å². The van der Waals surface area contributed by atoms with E-state index in [0.29, 0.717) is 6.04 Å². The summed E-state index contributed by atoms with van der Waals surface area (Å²) in [6.45, 7) is 9.53. The van der Waals surface area contributed by atoms with Crippen LogP contribution in [-0.2, 0) is 0 Å². The molecule has 2 aliphatic rings. The van der Waals surface area contributed by atoms with Gasteiger partial charge in [0.05, 0.1) is 19.7 Å². The van der Waals surface area contributed by atoms with Crippen LogP contribution in [0.3, 0.4) is 0 Å². The third-order valence-corrected chi connectivity index (χ3v) is 6.49. The van der Waals surface area contributed by atoms with Crippen molar-refractivity contribution in [1.82, 2.24) is 20.4 Å². The number of benzene rings is 1. The first-order valence-corrected chi connectivity index (χ1v) is 11.8. The highest BCUT2D eigenvalue weighted by Gasteiger charge is 2.23. The number of hydrogen-bond donors (Lipinski definition) is 2. The molecule has 1 aromatic rings. The molecule has 0 bridgehead atoms. The predicted octanol–water partition coefficient (Wildman–Crippen LogP) is 3.74. The van der Waals surface area contributed by atoms with Crippen molar-refractivity contribution < 1.29 is 4.74 Å². The maximum atomic E-state index is 5.36. The zero-order valence-corrected chi connectivity index (χ0v) is 21.9. The van der Waals surface area contributed by atoms with Crippen molar-refractivity contribution in [1.29, 1.82) is 0 Å². The van der Waals surface area contributed by atoms with Gasteiger partial charge in [0.15, 0.2) is 5.96 Å². The highest BCUT2D eigenvalue weighted by Crippen LogP contribution is 2.26. The molecule has 2 N–H and O–H groups in total. The molecule has 3 rings (SSSR count). The Bertz CT molecular complexity index is 640. The van der Waals surface area contributed by atoms with Gasteiger partial charge in [-0.1, -0.05) is 18.6 Å². The summed E-state index contributed by atoms with van der Waals surface area (Å²) < 4.78 is 5.36. The number of piperidine rings is 2. The molecule has 1 unspecified atom stereocenters. The molecule has 176 valence electrons. The summed E-state index contributed by atoms with van der Waals surface area (Å²) in [4.78, 5) is 10.0. The number of guanidine groups is 1. The Morgan fingerprint density at radius 1 is 1.06 bits per heavy atom. The van der Waals surface area contributed by atoms with Crippen LogP contribution >= 0.6 is 24.0 Å². The lowest BCUT2D eigenvalue weighted by molar-refractivity contribution is 0.167. The van der Waals surface area contributed by atoms with Crippen molar-refractivity contribution in [2.45, 2.75) is 45.1 Å². The zero-order chi connectivity index (χ0) is 21.2. The third-order valence-electron chi connectivity index (χ3n) is 6.49. The van der Waals surface area contributed by atoms with Crippen molar-refractivity contribution in [3.8, 4) is 5.75 Å². The Morgan fingerprint density at radius 3 is 2.35 bits per heavy atom. The molecule has 0 amide bonds. The number of halogens is 1. The van der Waals surface area contributed by atoms with Crippen LogP contribution in [0.4, 0.5) is 0 Å². The Morgan fingerprint density at radius 2 is 1.74 bits per heavy atom. The minimum Gasteiger partial charge on any atom is -0.497 e. The van der Waals surface area contributed by atoms with E-state index in [2.05, 4.69) is 58.7 Å². The summed E-state index contributed by atoms with van der Waals surface area (Å²) in [5, 5.41) is 7.06. The first-order chi connectivity index (χ1) is 14.7. The van der Waals surface area contributed by atoms with Crippen molar-refractivity contribution >= 4 is 29.9 Å². The third kappa shape index (κ3) is 8.42. The molecule has 0 spiro atoms. The summed E-state index contributed by atoms with van der Waals surface area (Å²) in [5.41, 5.74) is 1.33. The standard InChI is InChI=1S/C24H41N5O.HI/c1-4-25-24(26-18-20-12-16-28(2)17-13-20)27-19-23(29-14-6-5-7-15-29)21-8-10-22(30-3)11-9-21;/h8-11,20,23H,4-7,12-19H2,1-3H3,(H2,25,26,27);1H. The molecule has 0 radical (unpaired) electrons. The van der Waals surface area contributed by atoms with Gasteiger partial charge < -0.3 is 20.3 Å². The van der Waals surface area contributed by atoms with Gasteiger partial charge in [0.2, 0.25) is 0 Å². The number of ether oxygens (including phenoxy) is 1. The average molecular weight is 544 g/mol. The number of nitrogens with zero attached hydrogens (tertiary/aromatic N) is 3. The van der Waals surface area contributed by atoms with Gasteiger partial charge in [0, 0.05) is 13.1 Å². The lowest BCUT2D eigenvalue weighted by Crippen LogP contribution is -2.43. The SMILES string of the molecule is CCNC(=NCC(c1ccc(OC)cc1)N1CCCCC1)NCC1CCN(C)CC1.I. The Kier molecular flexibility index (Phi) is 12.0. The van der Waals surface area contributed by atoms with E-state index < -0.39 is 0 Å². The smallest absolute Gasteiger partial charge is 0.191 e. The lowest BCUT2D eigenvalue weighted by Gasteiger charge is -2.34. The fourth-order valence-corrected chi connectivity index (χ4v) is 4.51. The van der Waals surface area contributed by atoms with Gasteiger partial charge in [-0.25, -0.2) is 0 Å². The predicted molar refractivity (Wildman–Crippen MR) is 141 cm³/mol. The normalized spacial score (nSPS) is 20.0. The van der Waals surface area contributed by atoms with Gasteiger partial charge in [-0.15, -0.1) is 24.0 Å². The molecule has 2 aliphatic heterocycles. The molecular formula is C24H42IN5O. The number of aliphatic imine (C=N–C) groups is 1. The average Bonchev–Trinajstić information content (AvgIpc) is 2.79. The molecule has 1 aromatic carbocycles. The van der Waals surface area contributed by atoms with Gasteiger partial charge in [0.1, 0.15) is 5.75 Å². The van der Waals surface area contributed by atoms with Crippen LogP contribution in [0.1, 0.15) is 50.6 Å². The van der Waals surface area contributed by atoms with Gasteiger partial charge in [0.25, 0.3) is 0 Å². The largest absolute Gasteiger partial charge is 0.497 e. The second-order valence-corrected chi connectivity index (χ2v) is 8.73. The van der Waals surface area contributed by atoms with Crippen LogP contribution in [-0.4, -0.2) is 75.7 Å². The van der Waals surface area contributed by atoms with Crippen LogP contribution < -0.4 is 15.4 Å². The highest BCUT2D eigenvalue weighted by molar-refractivity contribution is 14.0. The molecule has 2 heterocycles. The van der Waals surface area contributed by atoms with Crippen LogP contribution in [0.15, 0.2) is 29.3 Å². The van der Waals surface area contributed by atoms with E-state index in [-0.39, 0.29) is 24.0 Å². The number of nitrogens with one attached hydrogen (secondary N) is 2. The first kappa shape index (κ1) is 26.2. The summed E-state index contributed by atoms with van der Waals surface area (Å²) in [6, 6.07) is 8.85. The highest BCUT2D eigenvalue weighted by atomic mass is 127. The van der Waals surface area contributed by atoms with E-state index >= 15 is 0 Å². The van der Waals surface area contributed by atoms with E-state index in [0.717, 1.165) is 50.4 Å². The van der Waals surface area contributed by atoms with Gasteiger partial charge in [-0.3, -0.25) is 9.89 Å². The summed E-state index contributed by atoms with van der Waals surface area (Å²) >= 11 is 0. The van der Waals surface area contributed by atoms with E-state index in [1.807, 2.05) is 0 Å². The van der Waals surface area contributed by atoms with E-state index in [1.165, 1.54) is 50.8 Å². The molecule has 0 aromatic heterocycles. The molecule has 6 nitrogen and oxygen atoms in total. The second-order valence-electron chi connectivity index (χ2n) is 8.73. The number of rotatable bonds is 8. The first-order valence-electron chi connectivity index (χ1n) is 11.8. The summed E-state index contributed by atoms with van der Waals surface area (Å²) in [6.07, 6.45) is 6.45. The molecule has 1 atom stereocenters. The quantitative estimate of drug-likeness (QED) is 0.298. The number of hydrogen-bond acceptors (Lipinski definition) is 4. The van der Waals surface area contributed by atoms with Crippen LogP contribution in [0.5, 0.6) is 5.75 Å². The van der Waals surface area contributed by atoms with Crippen molar-refractivity contribution in [3.05, 3.63) is 29.8 Å². The van der Waals surface area contributed by atoms with E-state index in [4.69, 9.17) is 9.73 Å². The topological polar surface area (TPSA) is 52.1 Å². The molecule has 0 aliphatic carbocycles. The minimum atomic E-state index is 0. The Balaban J connectivity index is 0.00000341. The minimum absolute atomic E-state index is 0. The monoisotopic (exact) mass is 543 g/mol. The van der Waals surface area contributed by atoms with Crippen molar-refractivity contribution in [2.24, 2.45) is 10.9 Å². The molecule has 0 saturated carbocycles. The fraction of sp³-hybridized carbons (Fsp3) is 0.708. The molecular weight excluding hydrogens is 501 g/mol. The van der Waals surface area contributed by atoms with Crippen LogP contribution in [0.2, 0.25) is 0 Å². The molecule has 2 saturated heterocycles. The Labute approximate surface area is 206 Å². The van der Waals surface area contributed by atoms with Crippen molar-refractivity contribution in [3.63, 3.8) is 0 Å². The summed E-state index contributed by atoms with van der Waals surface area (Å²) in [5.74, 6) is 2.60. The zero-order valence-electron chi connectivity index (χ0n) is 19.6. The molecule has 2 fully saturated rings. The van der Waals surface area contributed by atoms with Gasteiger partial charge in [-0.2, -0.15) is 0 Å². The number of likely N-dealkylation sites (tertiary alicyclic amines) is 2. The second kappa shape index (κ2) is 14.2. The maximum absolute atomic E-state index is 5.36. The van der Waals surface area contributed by atoms with Crippen LogP contribution in [0.25, 0.3) is 0 Å². The maximum Gasteiger partial charge on any atom is 0.191 e. The molecule has 7 heteroatoms. The van der Waals surface area contributed by atoms with Crippen molar-refractivity contribution in [2.75, 3.05) is 60.0 Å². The number of methoxy groups -OCH3 is 1. The Hall–Kier alpha value is -1.06. The van der Waals surface area contributed by atoms with E-state index in [1.54, 1.807) is 7.11 Å². The summed E-state index contributed by atoms with van der Waals surface area (Å²) in [7, 11) is 3.94. The molecule has 31 heavy (non-hydrogen) atoms.